The molecule has 0 aliphatic rings. The quantitative estimate of drug-likeness (QED) is 0.890. The molecule has 19 heavy (non-hydrogen) atoms. The van der Waals surface area contributed by atoms with Gasteiger partial charge in [0, 0.05) is 11.6 Å². The van der Waals surface area contributed by atoms with Crippen LogP contribution in [0.1, 0.15) is 43.1 Å². The van der Waals surface area contributed by atoms with Gasteiger partial charge in [-0.15, -0.1) is 0 Å². The normalized spacial score (nSPS) is 14.3. The van der Waals surface area contributed by atoms with Gasteiger partial charge in [-0.25, -0.2) is 9.37 Å². The fraction of sp³-hybridized carbons (Fsp3) is 0.357. The SMILES string of the molecule is Cc1cnc(C(C)NC(C)c2cc(F)ccc2O)o1. The van der Waals surface area contributed by atoms with Crippen LogP contribution < -0.4 is 5.32 Å². The second kappa shape index (κ2) is 5.40. The van der Waals surface area contributed by atoms with Crippen LogP contribution in [0.3, 0.4) is 0 Å². The number of nitrogens with zero attached hydrogens (tertiary/aromatic N) is 1. The summed E-state index contributed by atoms with van der Waals surface area (Å²) in [5.41, 5.74) is 0.509. The first-order valence-electron chi connectivity index (χ1n) is 6.14. The summed E-state index contributed by atoms with van der Waals surface area (Å²) in [6.07, 6.45) is 1.65. The number of rotatable bonds is 4. The van der Waals surface area contributed by atoms with Gasteiger partial charge in [0.15, 0.2) is 0 Å². The molecule has 0 saturated heterocycles. The molecule has 102 valence electrons. The Morgan fingerprint density at radius 2 is 2.05 bits per heavy atom. The summed E-state index contributed by atoms with van der Waals surface area (Å²) in [7, 11) is 0. The summed E-state index contributed by atoms with van der Waals surface area (Å²) in [5.74, 6) is 1.00. The lowest BCUT2D eigenvalue weighted by Gasteiger charge is -2.19. The number of phenols is 1. The summed E-state index contributed by atoms with van der Waals surface area (Å²) in [6, 6.07) is 3.54. The maximum absolute atomic E-state index is 13.2. The molecule has 0 aliphatic carbocycles. The number of nitrogens with one attached hydrogen (secondary N) is 1. The van der Waals surface area contributed by atoms with Gasteiger partial charge < -0.3 is 9.52 Å². The Labute approximate surface area is 111 Å². The van der Waals surface area contributed by atoms with Crippen LogP contribution in [-0.4, -0.2) is 10.1 Å². The Bertz CT molecular complexity index is 568. The van der Waals surface area contributed by atoms with Crippen molar-refractivity contribution in [3.05, 3.63) is 47.4 Å². The van der Waals surface area contributed by atoms with Crippen molar-refractivity contribution in [3.8, 4) is 5.75 Å². The van der Waals surface area contributed by atoms with Crippen LogP contribution in [0.2, 0.25) is 0 Å². The summed E-state index contributed by atoms with van der Waals surface area (Å²) in [4.78, 5) is 4.14. The van der Waals surface area contributed by atoms with Gasteiger partial charge in [-0.2, -0.15) is 0 Å². The minimum Gasteiger partial charge on any atom is -0.508 e. The minimum atomic E-state index is -0.374. The zero-order valence-electron chi connectivity index (χ0n) is 11.1. The van der Waals surface area contributed by atoms with Gasteiger partial charge in [-0.3, -0.25) is 5.32 Å². The molecule has 1 heterocycles. The third-order valence-corrected chi connectivity index (χ3v) is 2.97. The van der Waals surface area contributed by atoms with Crippen molar-refractivity contribution in [3.63, 3.8) is 0 Å². The first-order chi connectivity index (χ1) is 8.97. The van der Waals surface area contributed by atoms with Crippen LogP contribution >= 0.6 is 0 Å². The molecule has 2 aromatic rings. The van der Waals surface area contributed by atoms with Gasteiger partial charge in [-0.05, 0) is 39.0 Å². The lowest BCUT2D eigenvalue weighted by atomic mass is 10.1. The van der Waals surface area contributed by atoms with Crippen LogP contribution in [-0.2, 0) is 0 Å². The number of hydrogen-bond acceptors (Lipinski definition) is 4. The van der Waals surface area contributed by atoms with E-state index in [1.165, 1.54) is 18.2 Å². The Hall–Kier alpha value is -1.88. The Kier molecular flexibility index (Phi) is 3.85. The van der Waals surface area contributed by atoms with Crippen molar-refractivity contribution in [1.82, 2.24) is 10.3 Å². The molecule has 0 radical (unpaired) electrons. The van der Waals surface area contributed by atoms with E-state index >= 15 is 0 Å². The van der Waals surface area contributed by atoms with E-state index < -0.39 is 0 Å². The molecule has 0 spiro atoms. The second-order valence-corrected chi connectivity index (χ2v) is 4.62. The van der Waals surface area contributed by atoms with Gasteiger partial charge in [0.25, 0.3) is 0 Å². The Balaban J connectivity index is 2.12. The molecule has 0 bridgehead atoms. The van der Waals surface area contributed by atoms with Crippen molar-refractivity contribution in [2.45, 2.75) is 32.9 Å². The van der Waals surface area contributed by atoms with E-state index in [4.69, 9.17) is 4.42 Å². The van der Waals surface area contributed by atoms with E-state index in [1.807, 2.05) is 20.8 Å². The third kappa shape index (κ3) is 3.12. The van der Waals surface area contributed by atoms with Crippen molar-refractivity contribution in [2.24, 2.45) is 0 Å². The highest BCUT2D eigenvalue weighted by molar-refractivity contribution is 5.34. The molecular weight excluding hydrogens is 247 g/mol. The van der Waals surface area contributed by atoms with Gasteiger partial charge in [-0.1, -0.05) is 0 Å². The monoisotopic (exact) mass is 264 g/mol. The summed E-state index contributed by atoms with van der Waals surface area (Å²) in [5, 5.41) is 13.0. The molecule has 5 heteroatoms. The standard InChI is InChI=1S/C14H17FN2O2/c1-8-7-16-14(19-8)10(3)17-9(2)12-6-11(15)4-5-13(12)18/h4-7,9-10,17-18H,1-3H3. The third-order valence-electron chi connectivity index (χ3n) is 2.97. The molecule has 0 fully saturated rings. The number of oxazole rings is 1. The molecule has 2 atom stereocenters. The zero-order valence-corrected chi connectivity index (χ0v) is 11.1. The Morgan fingerprint density at radius 1 is 1.32 bits per heavy atom. The van der Waals surface area contributed by atoms with Gasteiger partial charge in [0.05, 0.1) is 12.2 Å². The molecule has 0 amide bonds. The Morgan fingerprint density at radius 3 is 2.68 bits per heavy atom. The number of benzene rings is 1. The van der Waals surface area contributed by atoms with E-state index in [9.17, 15) is 9.50 Å². The van der Waals surface area contributed by atoms with Crippen molar-refractivity contribution in [1.29, 1.82) is 0 Å². The molecule has 2 unspecified atom stereocenters. The number of phenolic OH excluding ortho intramolecular Hbond substituents is 1. The second-order valence-electron chi connectivity index (χ2n) is 4.62. The van der Waals surface area contributed by atoms with Crippen LogP contribution in [0.4, 0.5) is 4.39 Å². The predicted molar refractivity (Wildman–Crippen MR) is 69.3 cm³/mol. The van der Waals surface area contributed by atoms with Crippen molar-refractivity contribution in [2.75, 3.05) is 0 Å². The number of hydrogen-bond donors (Lipinski definition) is 2. The number of halogens is 1. The maximum Gasteiger partial charge on any atom is 0.211 e. The molecule has 1 aromatic heterocycles. The van der Waals surface area contributed by atoms with Crippen molar-refractivity contribution < 1.29 is 13.9 Å². The first-order valence-corrected chi connectivity index (χ1v) is 6.14. The highest BCUT2D eigenvalue weighted by Gasteiger charge is 2.17. The lowest BCUT2D eigenvalue weighted by Crippen LogP contribution is -2.22. The average molecular weight is 264 g/mol. The van der Waals surface area contributed by atoms with Crippen molar-refractivity contribution >= 4 is 0 Å². The summed E-state index contributed by atoms with van der Waals surface area (Å²) in [6.45, 7) is 5.57. The largest absolute Gasteiger partial charge is 0.508 e. The highest BCUT2D eigenvalue weighted by atomic mass is 19.1. The molecule has 0 saturated carbocycles. The van der Waals surface area contributed by atoms with E-state index in [0.29, 0.717) is 11.5 Å². The fourth-order valence-electron chi connectivity index (χ4n) is 1.98. The van der Waals surface area contributed by atoms with Crippen LogP contribution in [0.5, 0.6) is 5.75 Å². The fourth-order valence-corrected chi connectivity index (χ4v) is 1.98. The van der Waals surface area contributed by atoms with E-state index in [0.717, 1.165) is 5.76 Å². The molecule has 4 nitrogen and oxygen atoms in total. The predicted octanol–water partition coefficient (Wildman–Crippen LogP) is 3.24. The van der Waals surface area contributed by atoms with Gasteiger partial charge in [0.2, 0.25) is 5.89 Å². The number of aromatic hydroxyl groups is 1. The average Bonchev–Trinajstić information content (AvgIpc) is 2.79. The highest BCUT2D eigenvalue weighted by Crippen LogP contribution is 2.26. The van der Waals surface area contributed by atoms with Crippen LogP contribution in [0, 0.1) is 12.7 Å². The van der Waals surface area contributed by atoms with Gasteiger partial charge in [0.1, 0.15) is 17.3 Å². The minimum absolute atomic E-state index is 0.0668. The summed E-state index contributed by atoms with van der Waals surface area (Å²) < 4.78 is 18.6. The van der Waals surface area contributed by atoms with Crippen LogP contribution in [0.15, 0.2) is 28.8 Å². The van der Waals surface area contributed by atoms with E-state index in [1.54, 1.807) is 6.20 Å². The van der Waals surface area contributed by atoms with E-state index in [-0.39, 0.29) is 23.7 Å². The maximum atomic E-state index is 13.2. The summed E-state index contributed by atoms with van der Waals surface area (Å²) >= 11 is 0. The zero-order chi connectivity index (χ0) is 14.0. The molecule has 2 N–H and O–H groups in total. The van der Waals surface area contributed by atoms with Crippen LogP contribution in [0.25, 0.3) is 0 Å². The lowest BCUT2D eigenvalue weighted by molar-refractivity contribution is 0.373. The topological polar surface area (TPSA) is 58.3 Å². The molecule has 2 rings (SSSR count). The number of aromatic nitrogens is 1. The van der Waals surface area contributed by atoms with E-state index in [2.05, 4.69) is 10.3 Å². The van der Waals surface area contributed by atoms with Gasteiger partial charge >= 0.3 is 0 Å². The number of aryl methyl sites for hydroxylation is 1. The smallest absolute Gasteiger partial charge is 0.211 e. The molecule has 1 aromatic carbocycles. The molecular formula is C14H17FN2O2. The first kappa shape index (κ1) is 13.5. The molecule has 0 aliphatic heterocycles.